The zero-order chi connectivity index (χ0) is 12.1. The summed E-state index contributed by atoms with van der Waals surface area (Å²) in [5.41, 5.74) is 1.10. The van der Waals surface area contributed by atoms with Gasteiger partial charge in [0.2, 0.25) is 6.39 Å². The minimum absolute atomic E-state index is 0.207. The lowest BCUT2D eigenvalue weighted by Gasteiger charge is -2.12. The van der Waals surface area contributed by atoms with Gasteiger partial charge in [-0.15, -0.1) is 0 Å². The Balaban J connectivity index is 1.80. The van der Waals surface area contributed by atoms with E-state index in [4.69, 9.17) is 0 Å². The van der Waals surface area contributed by atoms with E-state index in [-0.39, 0.29) is 11.9 Å². The predicted molar refractivity (Wildman–Crippen MR) is 60.7 cm³/mol. The van der Waals surface area contributed by atoms with Gasteiger partial charge in [-0.2, -0.15) is 4.98 Å². The molecule has 1 N–H and O–H groups in total. The molecule has 1 aromatic carbocycles. The maximum absolute atomic E-state index is 12.7. The fourth-order valence-electron chi connectivity index (χ4n) is 1.58. The summed E-state index contributed by atoms with van der Waals surface area (Å²) in [7, 11) is 0. The summed E-state index contributed by atoms with van der Waals surface area (Å²) in [5, 5.41) is 6.98. The Morgan fingerprint density at radius 2 is 2.12 bits per heavy atom. The van der Waals surface area contributed by atoms with E-state index in [1.54, 1.807) is 12.1 Å². The van der Waals surface area contributed by atoms with Gasteiger partial charge in [0.25, 0.3) is 0 Å². The minimum Gasteiger partial charge on any atom is -0.343 e. The number of benzene rings is 1. The first-order valence-corrected chi connectivity index (χ1v) is 5.47. The Labute approximate surface area is 98.8 Å². The number of hydrogen-bond acceptors (Lipinski definition) is 4. The fraction of sp³-hybridized carbons (Fsp3) is 0.333. The lowest BCUT2D eigenvalue weighted by atomic mass is 10.1. The molecule has 0 aliphatic heterocycles. The van der Waals surface area contributed by atoms with Crippen molar-refractivity contribution >= 4 is 0 Å². The van der Waals surface area contributed by atoms with Gasteiger partial charge in [-0.1, -0.05) is 17.3 Å². The average molecular weight is 235 g/mol. The third-order valence-electron chi connectivity index (χ3n) is 2.47. The first-order chi connectivity index (χ1) is 8.24. The summed E-state index contributed by atoms with van der Waals surface area (Å²) >= 11 is 0. The minimum atomic E-state index is -0.207. The molecule has 1 heterocycles. The van der Waals surface area contributed by atoms with Gasteiger partial charge < -0.3 is 9.84 Å². The highest BCUT2D eigenvalue weighted by Crippen LogP contribution is 2.05. The van der Waals surface area contributed by atoms with Crippen LogP contribution in [0.25, 0.3) is 0 Å². The summed E-state index contributed by atoms with van der Waals surface area (Å²) in [6.07, 6.45) is 2.14. The lowest BCUT2D eigenvalue weighted by Crippen LogP contribution is -2.28. The van der Waals surface area contributed by atoms with Crippen LogP contribution in [0.3, 0.4) is 0 Å². The average Bonchev–Trinajstić information content (AvgIpc) is 2.83. The molecule has 17 heavy (non-hydrogen) atoms. The molecule has 0 radical (unpaired) electrons. The van der Waals surface area contributed by atoms with Crippen LogP contribution in [0.15, 0.2) is 35.2 Å². The van der Waals surface area contributed by atoms with Gasteiger partial charge in [-0.05, 0) is 31.0 Å². The fourth-order valence-corrected chi connectivity index (χ4v) is 1.58. The van der Waals surface area contributed by atoms with Crippen molar-refractivity contribution in [1.29, 1.82) is 0 Å². The molecule has 1 aromatic heterocycles. The quantitative estimate of drug-likeness (QED) is 0.860. The van der Waals surface area contributed by atoms with E-state index in [1.807, 2.05) is 0 Å². The van der Waals surface area contributed by atoms with Crippen LogP contribution in [0.2, 0.25) is 0 Å². The Morgan fingerprint density at radius 1 is 1.35 bits per heavy atom. The lowest BCUT2D eigenvalue weighted by molar-refractivity contribution is 0.404. The molecule has 0 bridgehead atoms. The van der Waals surface area contributed by atoms with Gasteiger partial charge in [-0.25, -0.2) is 4.39 Å². The van der Waals surface area contributed by atoms with E-state index in [9.17, 15) is 4.39 Å². The van der Waals surface area contributed by atoms with Crippen LogP contribution in [0.1, 0.15) is 18.3 Å². The maximum atomic E-state index is 12.7. The second kappa shape index (κ2) is 5.54. The highest BCUT2D eigenvalue weighted by atomic mass is 19.1. The number of hydrogen-bond donors (Lipinski definition) is 1. The molecule has 1 atom stereocenters. The Bertz CT molecular complexity index is 441. The standard InChI is InChI=1S/C12H14FN3O/c1-9(14-7-12-15-8-17-16-12)6-10-2-4-11(13)5-3-10/h2-5,8-9,14H,6-7H2,1H3. The molecule has 2 rings (SSSR count). The number of aromatic nitrogens is 2. The first kappa shape index (κ1) is 11.7. The second-order valence-electron chi connectivity index (χ2n) is 3.96. The molecule has 1 unspecified atom stereocenters. The van der Waals surface area contributed by atoms with Gasteiger partial charge in [0.05, 0.1) is 6.54 Å². The van der Waals surface area contributed by atoms with Crippen molar-refractivity contribution in [3.8, 4) is 0 Å². The van der Waals surface area contributed by atoms with Crippen LogP contribution in [-0.4, -0.2) is 16.2 Å². The van der Waals surface area contributed by atoms with Crippen molar-refractivity contribution in [3.05, 3.63) is 47.9 Å². The van der Waals surface area contributed by atoms with E-state index in [1.165, 1.54) is 18.5 Å². The molecule has 2 aromatic rings. The second-order valence-corrected chi connectivity index (χ2v) is 3.96. The van der Waals surface area contributed by atoms with Crippen LogP contribution in [0, 0.1) is 5.82 Å². The summed E-state index contributed by atoms with van der Waals surface area (Å²) in [6.45, 7) is 2.63. The van der Waals surface area contributed by atoms with Crippen LogP contribution in [0.5, 0.6) is 0 Å². The van der Waals surface area contributed by atoms with Crippen molar-refractivity contribution in [2.45, 2.75) is 25.9 Å². The van der Waals surface area contributed by atoms with Crippen LogP contribution >= 0.6 is 0 Å². The Hall–Kier alpha value is -1.75. The summed E-state index contributed by atoms with van der Waals surface area (Å²) in [6, 6.07) is 6.80. The highest BCUT2D eigenvalue weighted by molar-refractivity contribution is 5.16. The SMILES string of the molecule is CC(Cc1ccc(F)cc1)NCc1ncon1. The van der Waals surface area contributed by atoms with Crippen molar-refractivity contribution in [2.24, 2.45) is 0 Å². The van der Waals surface area contributed by atoms with E-state index < -0.39 is 0 Å². The zero-order valence-corrected chi connectivity index (χ0v) is 9.56. The summed E-state index contributed by atoms with van der Waals surface area (Å²) in [4.78, 5) is 3.92. The summed E-state index contributed by atoms with van der Waals surface area (Å²) < 4.78 is 17.4. The number of nitrogens with zero attached hydrogens (tertiary/aromatic N) is 2. The highest BCUT2D eigenvalue weighted by Gasteiger charge is 2.05. The molecule has 0 spiro atoms. The Kier molecular flexibility index (Phi) is 3.82. The third-order valence-corrected chi connectivity index (χ3v) is 2.47. The van der Waals surface area contributed by atoms with Crippen molar-refractivity contribution < 1.29 is 8.91 Å². The number of rotatable bonds is 5. The van der Waals surface area contributed by atoms with Gasteiger partial charge in [0.1, 0.15) is 5.82 Å². The molecule has 4 nitrogen and oxygen atoms in total. The molecule has 0 amide bonds. The third kappa shape index (κ3) is 3.64. The van der Waals surface area contributed by atoms with Crippen molar-refractivity contribution in [3.63, 3.8) is 0 Å². The van der Waals surface area contributed by atoms with Crippen LogP contribution < -0.4 is 5.32 Å². The van der Waals surface area contributed by atoms with Gasteiger partial charge in [-0.3, -0.25) is 0 Å². The molecule has 0 aliphatic carbocycles. The molecule has 0 saturated heterocycles. The molecule has 90 valence electrons. The first-order valence-electron chi connectivity index (χ1n) is 5.47. The normalized spacial score (nSPS) is 12.6. The predicted octanol–water partition coefficient (Wildman–Crippen LogP) is 1.93. The maximum Gasteiger partial charge on any atom is 0.213 e. The molecule has 0 saturated carbocycles. The van der Waals surface area contributed by atoms with E-state index >= 15 is 0 Å². The molecule has 5 heteroatoms. The van der Waals surface area contributed by atoms with Gasteiger partial charge in [0, 0.05) is 6.04 Å². The smallest absolute Gasteiger partial charge is 0.213 e. The molecular weight excluding hydrogens is 221 g/mol. The summed E-state index contributed by atoms with van der Waals surface area (Å²) in [5.74, 6) is 0.428. The van der Waals surface area contributed by atoms with E-state index in [0.717, 1.165) is 12.0 Å². The number of halogens is 1. The van der Waals surface area contributed by atoms with E-state index in [0.29, 0.717) is 12.4 Å². The van der Waals surface area contributed by atoms with Crippen LogP contribution in [0.4, 0.5) is 4.39 Å². The molecule has 0 fully saturated rings. The van der Waals surface area contributed by atoms with Crippen molar-refractivity contribution in [2.75, 3.05) is 0 Å². The monoisotopic (exact) mass is 235 g/mol. The molecule has 0 aliphatic rings. The topological polar surface area (TPSA) is 51.0 Å². The number of nitrogens with one attached hydrogen (secondary N) is 1. The zero-order valence-electron chi connectivity index (χ0n) is 9.56. The van der Waals surface area contributed by atoms with Gasteiger partial charge in [0.15, 0.2) is 5.82 Å². The molecular formula is C12H14FN3O. The van der Waals surface area contributed by atoms with Crippen LogP contribution in [-0.2, 0) is 13.0 Å². The Morgan fingerprint density at radius 3 is 2.76 bits per heavy atom. The van der Waals surface area contributed by atoms with Crippen molar-refractivity contribution in [1.82, 2.24) is 15.5 Å². The largest absolute Gasteiger partial charge is 0.343 e. The van der Waals surface area contributed by atoms with Gasteiger partial charge >= 0.3 is 0 Å². The van der Waals surface area contributed by atoms with E-state index in [2.05, 4.69) is 26.9 Å².